The molecule has 0 aliphatic rings. The summed E-state index contributed by atoms with van der Waals surface area (Å²) in [6, 6.07) is 4.46. The third-order valence-electron chi connectivity index (χ3n) is 2.28. The Hall–Kier alpha value is -1.47. The smallest absolute Gasteiger partial charge is 0.258 e. The number of nitro groups is 1. The van der Waals surface area contributed by atoms with Gasteiger partial charge in [-0.25, -0.2) is 4.68 Å². The summed E-state index contributed by atoms with van der Waals surface area (Å²) in [5.41, 5.74) is 1.31. The van der Waals surface area contributed by atoms with Crippen molar-refractivity contribution in [3.63, 3.8) is 0 Å². The first kappa shape index (κ1) is 13.0. The van der Waals surface area contributed by atoms with E-state index in [0.717, 1.165) is 5.69 Å². The van der Waals surface area contributed by atoms with E-state index in [1.54, 1.807) is 12.3 Å². The summed E-state index contributed by atoms with van der Waals surface area (Å²) in [6.45, 7) is 0. The Balaban J connectivity index is 2.41. The Bertz CT molecular complexity index is 587. The van der Waals surface area contributed by atoms with Gasteiger partial charge in [-0.05, 0) is 22.0 Å². The number of aryl methyl sites for hydroxylation is 1. The Morgan fingerprint density at radius 3 is 2.94 bits per heavy atom. The van der Waals surface area contributed by atoms with Gasteiger partial charge in [0.2, 0.25) is 0 Å². The van der Waals surface area contributed by atoms with Crippen molar-refractivity contribution in [1.29, 1.82) is 0 Å². The van der Waals surface area contributed by atoms with E-state index in [1.807, 2.05) is 0 Å². The monoisotopic (exact) mass is 330 g/mol. The molecular formula is C10H8BrClN4O2. The average molecular weight is 332 g/mol. The van der Waals surface area contributed by atoms with E-state index in [-0.39, 0.29) is 5.69 Å². The van der Waals surface area contributed by atoms with Crippen LogP contribution in [0.2, 0.25) is 0 Å². The molecule has 0 spiro atoms. The van der Waals surface area contributed by atoms with E-state index in [2.05, 4.69) is 26.2 Å². The minimum absolute atomic E-state index is 0.00240. The highest BCUT2D eigenvalue weighted by atomic mass is 79.9. The van der Waals surface area contributed by atoms with Crippen LogP contribution in [-0.4, -0.2) is 25.8 Å². The maximum atomic E-state index is 10.7. The van der Waals surface area contributed by atoms with E-state index in [0.29, 0.717) is 22.5 Å². The zero-order valence-electron chi connectivity index (χ0n) is 9.08. The zero-order chi connectivity index (χ0) is 13.1. The van der Waals surface area contributed by atoms with Gasteiger partial charge in [-0.15, -0.1) is 16.7 Å². The third kappa shape index (κ3) is 2.68. The summed E-state index contributed by atoms with van der Waals surface area (Å²) >= 11 is 8.94. The highest BCUT2D eigenvalue weighted by Crippen LogP contribution is 2.25. The molecule has 1 heterocycles. The molecule has 0 saturated carbocycles. The molecular weight excluding hydrogens is 323 g/mol. The number of halogens is 2. The van der Waals surface area contributed by atoms with Crippen LogP contribution in [0.5, 0.6) is 0 Å². The van der Waals surface area contributed by atoms with E-state index >= 15 is 0 Å². The normalized spacial score (nSPS) is 10.6. The van der Waals surface area contributed by atoms with E-state index < -0.39 is 4.92 Å². The lowest BCUT2D eigenvalue weighted by Crippen LogP contribution is -1.98. The van der Waals surface area contributed by atoms with Crippen molar-refractivity contribution in [3.8, 4) is 5.69 Å². The lowest BCUT2D eigenvalue weighted by Gasteiger charge is -2.02. The van der Waals surface area contributed by atoms with Gasteiger partial charge in [-0.3, -0.25) is 10.1 Å². The van der Waals surface area contributed by atoms with E-state index in [9.17, 15) is 10.1 Å². The number of nitro benzene ring substituents is 1. The van der Waals surface area contributed by atoms with Crippen LogP contribution >= 0.6 is 27.5 Å². The second-order valence-electron chi connectivity index (χ2n) is 3.49. The molecule has 0 bridgehead atoms. The molecule has 0 amide bonds. The van der Waals surface area contributed by atoms with Gasteiger partial charge >= 0.3 is 0 Å². The van der Waals surface area contributed by atoms with Crippen LogP contribution in [-0.2, 0) is 6.42 Å². The number of nitrogens with zero attached hydrogens (tertiary/aromatic N) is 4. The first-order valence-corrected chi connectivity index (χ1v) is 6.36. The Morgan fingerprint density at radius 2 is 2.28 bits per heavy atom. The molecule has 0 saturated heterocycles. The van der Waals surface area contributed by atoms with Crippen molar-refractivity contribution in [2.45, 2.75) is 6.42 Å². The molecule has 0 aliphatic carbocycles. The van der Waals surface area contributed by atoms with Crippen LogP contribution in [0.15, 0.2) is 28.9 Å². The molecule has 0 unspecified atom stereocenters. The van der Waals surface area contributed by atoms with Crippen molar-refractivity contribution in [3.05, 3.63) is 44.7 Å². The molecule has 0 atom stereocenters. The van der Waals surface area contributed by atoms with Gasteiger partial charge in [-0.2, -0.15) is 0 Å². The number of hydrogen-bond donors (Lipinski definition) is 0. The minimum Gasteiger partial charge on any atom is -0.258 e. The molecule has 6 nitrogen and oxygen atoms in total. The quantitative estimate of drug-likeness (QED) is 0.490. The van der Waals surface area contributed by atoms with Crippen molar-refractivity contribution in [2.75, 3.05) is 5.88 Å². The third-order valence-corrected chi connectivity index (χ3v) is 3.14. The number of rotatable bonds is 4. The van der Waals surface area contributed by atoms with Gasteiger partial charge in [0.15, 0.2) is 0 Å². The maximum Gasteiger partial charge on any atom is 0.271 e. The van der Waals surface area contributed by atoms with Crippen molar-refractivity contribution >= 4 is 33.2 Å². The van der Waals surface area contributed by atoms with Crippen LogP contribution in [0, 0.1) is 10.1 Å². The lowest BCUT2D eigenvalue weighted by atomic mass is 10.3. The molecule has 8 heteroatoms. The predicted octanol–water partition coefficient (Wildman–Crippen LogP) is 2.72. The van der Waals surface area contributed by atoms with Crippen molar-refractivity contribution < 1.29 is 4.92 Å². The Labute approximate surface area is 116 Å². The molecule has 1 aromatic heterocycles. The highest BCUT2D eigenvalue weighted by Gasteiger charge is 2.12. The summed E-state index contributed by atoms with van der Waals surface area (Å²) in [7, 11) is 0. The molecule has 0 aliphatic heterocycles. The van der Waals surface area contributed by atoms with Gasteiger partial charge < -0.3 is 0 Å². The Kier molecular flexibility index (Phi) is 3.93. The van der Waals surface area contributed by atoms with Crippen LogP contribution in [0.3, 0.4) is 0 Å². The predicted molar refractivity (Wildman–Crippen MR) is 70.1 cm³/mol. The summed E-state index contributed by atoms with van der Waals surface area (Å²) in [5.74, 6) is 0.453. The van der Waals surface area contributed by atoms with Gasteiger partial charge in [0.25, 0.3) is 5.69 Å². The largest absolute Gasteiger partial charge is 0.271 e. The molecule has 1 aromatic carbocycles. The second-order valence-corrected chi connectivity index (χ2v) is 4.72. The van der Waals surface area contributed by atoms with E-state index in [1.165, 1.54) is 16.8 Å². The number of hydrogen-bond acceptors (Lipinski definition) is 4. The standard InChI is InChI=1S/C10H8BrClN4O2/c11-9-2-1-8(16(17)18)5-10(9)15-6-7(3-4-12)13-14-15/h1-2,5-6H,3-4H2. The minimum atomic E-state index is -0.452. The first-order valence-electron chi connectivity index (χ1n) is 5.03. The van der Waals surface area contributed by atoms with Crippen LogP contribution in [0.4, 0.5) is 5.69 Å². The molecule has 2 rings (SSSR count). The number of alkyl halides is 1. The fourth-order valence-corrected chi connectivity index (χ4v) is 2.04. The molecule has 0 radical (unpaired) electrons. The maximum absolute atomic E-state index is 10.7. The fourth-order valence-electron chi connectivity index (χ4n) is 1.42. The summed E-state index contributed by atoms with van der Waals surface area (Å²) in [5, 5.41) is 18.6. The van der Waals surface area contributed by atoms with Crippen LogP contribution < -0.4 is 0 Å². The molecule has 0 N–H and O–H groups in total. The van der Waals surface area contributed by atoms with Gasteiger partial charge in [-0.1, -0.05) is 5.21 Å². The summed E-state index contributed by atoms with van der Waals surface area (Å²) in [4.78, 5) is 10.3. The first-order chi connectivity index (χ1) is 8.61. The zero-order valence-corrected chi connectivity index (χ0v) is 11.4. The topological polar surface area (TPSA) is 73.8 Å². The molecule has 0 fully saturated rings. The highest BCUT2D eigenvalue weighted by molar-refractivity contribution is 9.10. The summed E-state index contributed by atoms with van der Waals surface area (Å²) in [6.07, 6.45) is 2.31. The van der Waals surface area contributed by atoms with Crippen LogP contribution in [0.1, 0.15) is 5.69 Å². The van der Waals surface area contributed by atoms with Gasteiger partial charge in [0, 0.05) is 28.9 Å². The van der Waals surface area contributed by atoms with Crippen LogP contribution in [0.25, 0.3) is 5.69 Å². The molecule has 94 valence electrons. The number of non-ortho nitro benzene ring substituents is 1. The van der Waals surface area contributed by atoms with Gasteiger partial charge in [0.05, 0.1) is 22.5 Å². The van der Waals surface area contributed by atoms with Gasteiger partial charge in [0.1, 0.15) is 0 Å². The number of aromatic nitrogens is 3. The fraction of sp³-hybridized carbons (Fsp3) is 0.200. The average Bonchev–Trinajstić information content (AvgIpc) is 2.78. The SMILES string of the molecule is O=[N+]([O-])c1ccc(Br)c(-n2cc(CCCl)nn2)c1. The summed E-state index contributed by atoms with van der Waals surface area (Å²) < 4.78 is 2.19. The lowest BCUT2D eigenvalue weighted by molar-refractivity contribution is -0.384. The molecule has 2 aromatic rings. The second kappa shape index (κ2) is 5.45. The number of benzene rings is 1. The molecule has 18 heavy (non-hydrogen) atoms. The van der Waals surface area contributed by atoms with Crippen molar-refractivity contribution in [2.24, 2.45) is 0 Å². The Morgan fingerprint density at radius 1 is 1.50 bits per heavy atom. The van der Waals surface area contributed by atoms with E-state index in [4.69, 9.17) is 11.6 Å². The van der Waals surface area contributed by atoms with Crippen molar-refractivity contribution in [1.82, 2.24) is 15.0 Å².